The smallest absolute Gasteiger partial charge is 0.0945 e. The Morgan fingerprint density at radius 1 is 1.21 bits per heavy atom. The van der Waals surface area contributed by atoms with Crippen LogP contribution in [-0.2, 0) is 6.54 Å². The van der Waals surface area contributed by atoms with E-state index in [0.717, 1.165) is 39.1 Å². The summed E-state index contributed by atoms with van der Waals surface area (Å²) in [6.07, 6.45) is 6.83. The van der Waals surface area contributed by atoms with Gasteiger partial charge >= 0.3 is 0 Å². The predicted octanol–water partition coefficient (Wildman–Crippen LogP) is 0.472. The zero-order chi connectivity index (χ0) is 10.1. The maximum Gasteiger partial charge on any atom is 0.0945 e. The number of hydrogen-bond donors (Lipinski definition) is 2. The Morgan fingerprint density at radius 2 is 2.07 bits per heavy atom. The van der Waals surface area contributed by atoms with Crippen molar-refractivity contribution >= 4 is 0 Å². The number of aryl methyl sites for hydroxylation is 1. The van der Waals surface area contributed by atoms with Gasteiger partial charge in [0.05, 0.1) is 6.33 Å². The van der Waals surface area contributed by atoms with Gasteiger partial charge in [-0.15, -0.1) is 0 Å². The molecule has 0 aliphatic rings. The van der Waals surface area contributed by atoms with Crippen molar-refractivity contribution in [1.82, 2.24) is 20.2 Å². The third-order valence-corrected chi connectivity index (χ3v) is 2.06. The van der Waals surface area contributed by atoms with Crippen molar-refractivity contribution in [2.24, 2.45) is 0 Å². The molecule has 0 radical (unpaired) electrons. The summed E-state index contributed by atoms with van der Waals surface area (Å²) in [5, 5.41) is 6.66. The summed E-state index contributed by atoms with van der Waals surface area (Å²) in [5.74, 6) is 0. The first-order valence-corrected chi connectivity index (χ1v) is 5.30. The van der Waals surface area contributed by atoms with E-state index in [2.05, 4.69) is 27.1 Å². The van der Waals surface area contributed by atoms with E-state index in [0.29, 0.717) is 0 Å². The van der Waals surface area contributed by atoms with Gasteiger partial charge in [-0.3, -0.25) is 0 Å². The van der Waals surface area contributed by atoms with Gasteiger partial charge in [0.2, 0.25) is 0 Å². The Balaban J connectivity index is 1.85. The van der Waals surface area contributed by atoms with Crippen molar-refractivity contribution < 1.29 is 0 Å². The largest absolute Gasteiger partial charge is 0.337 e. The molecule has 1 heterocycles. The molecule has 0 unspecified atom stereocenters. The number of nitrogens with one attached hydrogen (secondary N) is 2. The van der Waals surface area contributed by atoms with Crippen LogP contribution in [0.2, 0.25) is 0 Å². The molecule has 1 aromatic heterocycles. The molecule has 0 aliphatic carbocycles. The van der Waals surface area contributed by atoms with Gasteiger partial charge in [-0.2, -0.15) is 0 Å². The first-order chi connectivity index (χ1) is 6.93. The molecule has 0 fully saturated rings. The third-order valence-electron chi connectivity index (χ3n) is 2.06. The van der Waals surface area contributed by atoms with Crippen molar-refractivity contribution in [2.45, 2.75) is 19.9 Å². The normalized spacial score (nSPS) is 10.6. The molecule has 0 spiro atoms. The highest BCUT2D eigenvalue weighted by molar-refractivity contribution is 4.73. The quantitative estimate of drug-likeness (QED) is 0.594. The van der Waals surface area contributed by atoms with E-state index < -0.39 is 0 Å². The fourth-order valence-electron chi connectivity index (χ4n) is 1.28. The molecule has 14 heavy (non-hydrogen) atoms. The fraction of sp³-hybridized carbons (Fsp3) is 0.700. The van der Waals surface area contributed by atoms with E-state index in [1.807, 2.05) is 18.7 Å². The average Bonchev–Trinajstić information content (AvgIpc) is 2.69. The molecule has 0 saturated heterocycles. The van der Waals surface area contributed by atoms with Crippen molar-refractivity contribution in [3.63, 3.8) is 0 Å². The second-order valence-electron chi connectivity index (χ2n) is 3.26. The van der Waals surface area contributed by atoms with Gasteiger partial charge in [-0.1, -0.05) is 6.92 Å². The highest BCUT2D eigenvalue weighted by atomic mass is 15.0. The first kappa shape index (κ1) is 11.2. The van der Waals surface area contributed by atoms with Crippen LogP contribution in [0.1, 0.15) is 13.3 Å². The van der Waals surface area contributed by atoms with Crippen LogP contribution in [0, 0.1) is 0 Å². The molecule has 0 amide bonds. The van der Waals surface area contributed by atoms with E-state index in [9.17, 15) is 0 Å². The van der Waals surface area contributed by atoms with Gasteiger partial charge < -0.3 is 15.2 Å². The lowest BCUT2D eigenvalue weighted by molar-refractivity contribution is 0.566. The van der Waals surface area contributed by atoms with Crippen LogP contribution >= 0.6 is 0 Å². The summed E-state index contributed by atoms with van der Waals surface area (Å²) in [5.41, 5.74) is 0. The van der Waals surface area contributed by atoms with Crippen LogP contribution in [-0.4, -0.2) is 35.7 Å². The van der Waals surface area contributed by atoms with Crippen molar-refractivity contribution in [3.8, 4) is 0 Å². The second kappa shape index (κ2) is 7.53. The maximum atomic E-state index is 3.99. The molecule has 0 bridgehead atoms. The van der Waals surface area contributed by atoms with Crippen LogP contribution in [0.15, 0.2) is 18.7 Å². The summed E-state index contributed by atoms with van der Waals surface area (Å²) in [6.45, 7) is 7.41. The molecule has 0 saturated carbocycles. The standard InChI is InChI=1S/C10H20N4/c1-2-11-5-6-12-4-3-8-14-9-7-13-10-14/h7,9-12H,2-6,8H2,1H3. The van der Waals surface area contributed by atoms with E-state index in [1.165, 1.54) is 0 Å². The lowest BCUT2D eigenvalue weighted by atomic mass is 10.4. The fourth-order valence-corrected chi connectivity index (χ4v) is 1.28. The Morgan fingerprint density at radius 3 is 2.79 bits per heavy atom. The highest BCUT2D eigenvalue weighted by Crippen LogP contribution is 1.88. The number of aromatic nitrogens is 2. The predicted molar refractivity (Wildman–Crippen MR) is 58.3 cm³/mol. The van der Waals surface area contributed by atoms with E-state index >= 15 is 0 Å². The van der Waals surface area contributed by atoms with Gasteiger partial charge in [0.1, 0.15) is 0 Å². The van der Waals surface area contributed by atoms with Crippen LogP contribution in [0.25, 0.3) is 0 Å². The molecular weight excluding hydrogens is 176 g/mol. The highest BCUT2D eigenvalue weighted by Gasteiger charge is 1.90. The lowest BCUT2D eigenvalue weighted by Crippen LogP contribution is -2.28. The minimum atomic E-state index is 1.05. The Labute approximate surface area is 85.7 Å². The van der Waals surface area contributed by atoms with Gasteiger partial charge in [0.15, 0.2) is 0 Å². The number of rotatable bonds is 8. The molecule has 2 N–H and O–H groups in total. The minimum Gasteiger partial charge on any atom is -0.337 e. The Hall–Kier alpha value is -0.870. The van der Waals surface area contributed by atoms with E-state index in [4.69, 9.17) is 0 Å². The number of imidazole rings is 1. The monoisotopic (exact) mass is 196 g/mol. The molecule has 1 aromatic rings. The molecular formula is C10H20N4. The summed E-state index contributed by atoms with van der Waals surface area (Å²) in [4.78, 5) is 3.99. The molecule has 0 atom stereocenters. The zero-order valence-electron chi connectivity index (χ0n) is 8.87. The summed E-state index contributed by atoms with van der Waals surface area (Å²) in [7, 11) is 0. The van der Waals surface area contributed by atoms with Gasteiger partial charge in [0, 0.05) is 32.0 Å². The van der Waals surface area contributed by atoms with Crippen molar-refractivity contribution in [3.05, 3.63) is 18.7 Å². The van der Waals surface area contributed by atoms with Crippen LogP contribution < -0.4 is 10.6 Å². The summed E-state index contributed by atoms with van der Waals surface area (Å²) < 4.78 is 2.10. The van der Waals surface area contributed by atoms with Crippen LogP contribution in [0.3, 0.4) is 0 Å². The number of likely N-dealkylation sites (N-methyl/N-ethyl adjacent to an activating group) is 1. The Kier molecular flexibility index (Phi) is 6.02. The van der Waals surface area contributed by atoms with E-state index in [1.54, 1.807) is 0 Å². The lowest BCUT2D eigenvalue weighted by Gasteiger charge is -2.05. The average molecular weight is 196 g/mol. The molecule has 4 heteroatoms. The molecule has 0 aromatic carbocycles. The summed E-state index contributed by atoms with van der Waals surface area (Å²) in [6, 6.07) is 0. The van der Waals surface area contributed by atoms with E-state index in [-0.39, 0.29) is 0 Å². The summed E-state index contributed by atoms with van der Waals surface area (Å²) >= 11 is 0. The van der Waals surface area contributed by atoms with Crippen molar-refractivity contribution in [1.29, 1.82) is 0 Å². The van der Waals surface area contributed by atoms with Crippen LogP contribution in [0.5, 0.6) is 0 Å². The topological polar surface area (TPSA) is 41.9 Å². The number of hydrogen-bond acceptors (Lipinski definition) is 3. The van der Waals surface area contributed by atoms with Crippen molar-refractivity contribution in [2.75, 3.05) is 26.2 Å². The maximum absolute atomic E-state index is 3.99. The zero-order valence-corrected chi connectivity index (χ0v) is 8.87. The van der Waals surface area contributed by atoms with Gasteiger partial charge in [0.25, 0.3) is 0 Å². The number of nitrogens with zero attached hydrogens (tertiary/aromatic N) is 2. The third kappa shape index (κ3) is 4.99. The van der Waals surface area contributed by atoms with Gasteiger partial charge in [-0.05, 0) is 19.5 Å². The minimum absolute atomic E-state index is 1.05. The molecule has 80 valence electrons. The second-order valence-corrected chi connectivity index (χ2v) is 3.26. The van der Waals surface area contributed by atoms with Crippen LogP contribution in [0.4, 0.5) is 0 Å². The molecule has 1 rings (SSSR count). The Bertz CT molecular complexity index is 208. The SMILES string of the molecule is CCNCCNCCCn1ccnc1. The molecule has 0 aliphatic heterocycles. The van der Waals surface area contributed by atoms with Gasteiger partial charge in [-0.25, -0.2) is 4.98 Å². The molecule has 4 nitrogen and oxygen atoms in total. The first-order valence-electron chi connectivity index (χ1n) is 5.30.